The molecule has 6 atom stereocenters. The van der Waals surface area contributed by atoms with Crippen LogP contribution < -0.4 is 0 Å². The fourth-order valence-electron chi connectivity index (χ4n) is 6.38. The number of carboxylic acids is 1. The highest BCUT2D eigenvalue weighted by atomic mass is 16.4. The van der Waals surface area contributed by atoms with E-state index >= 15 is 0 Å². The van der Waals surface area contributed by atoms with Crippen molar-refractivity contribution >= 4 is 11.8 Å². The predicted molar refractivity (Wildman–Crippen MR) is 82.3 cm³/mol. The predicted octanol–water partition coefficient (Wildman–Crippen LogP) is 3.02. The number of ketones is 1. The molecule has 3 rings (SSSR count). The molecule has 4 heteroatoms. The van der Waals surface area contributed by atoms with Crippen LogP contribution in [0.3, 0.4) is 0 Å². The SMILES string of the molecule is C[C@]1(CC(=O)O)[C@H](O)CC[C@]2(C)[C@@H]1CC[C@@H]1C(=O)CC[C@]12C. The third-order valence-corrected chi connectivity index (χ3v) is 7.89. The second-order valence-corrected chi connectivity index (χ2v) is 8.61. The monoisotopic (exact) mass is 308 g/mol. The van der Waals surface area contributed by atoms with Crippen LogP contribution in [0.5, 0.6) is 0 Å². The molecule has 0 aromatic carbocycles. The van der Waals surface area contributed by atoms with Crippen LogP contribution in [0.2, 0.25) is 0 Å². The van der Waals surface area contributed by atoms with Crippen LogP contribution in [-0.2, 0) is 9.59 Å². The maximum absolute atomic E-state index is 12.3. The van der Waals surface area contributed by atoms with Crippen LogP contribution in [0, 0.1) is 28.1 Å². The van der Waals surface area contributed by atoms with Crippen molar-refractivity contribution in [3.63, 3.8) is 0 Å². The normalized spacial score (nSPS) is 51.3. The largest absolute Gasteiger partial charge is 0.481 e. The van der Waals surface area contributed by atoms with Crippen molar-refractivity contribution in [3.8, 4) is 0 Å². The zero-order valence-electron chi connectivity index (χ0n) is 13.9. The van der Waals surface area contributed by atoms with E-state index in [0.717, 1.165) is 25.7 Å². The van der Waals surface area contributed by atoms with Gasteiger partial charge in [0.25, 0.3) is 0 Å². The van der Waals surface area contributed by atoms with Crippen LogP contribution in [0.4, 0.5) is 0 Å². The molecule has 0 aliphatic heterocycles. The van der Waals surface area contributed by atoms with Crippen molar-refractivity contribution in [2.24, 2.45) is 28.1 Å². The summed E-state index contributed by atoms with van der Waals surface area (Å²) >= 11 is 0. The zero-order valence-corrected chi connectivity index (χ0v) is 13.9. The average Bonchev–Trinajstić information content (AvgIpc) is 2.72. The van der Waals surface area contributed by atoms with Crippen LogP contribution in [-0.4, -0.2) is 28.1 Å². The summed E-state index contributed by atoms with van der Waals surface area (Å²) in [5.41, 5.74) is -0.670. The molecule has 0 aromatic heterocycles. The molecule has 22 heavy (non-hydrogen) atoms. The van der Waals surface area contributed by atoms with E-state index < -0.39 is 17.5 Å². The number of carbonyl (C=O) groups excluding carboxylic acids is 1. The molecule has 3 aliphatic rings. The molecule has 2 N–H and O–H groups in total. The van der Waals surface area contributed by atoms with Gasteiger partial charge in [0.2, 0.25) is 0 Å². The summed E-state index contributed by atoms with van der Waals surface area (Å²) in [6, 6.07) is 0. The molecule has 0 spiro atoms. The number of carboxylic acid groups (broad SMARTS) is 1. The Morgan fingerprint density at radius 3 is 2.45 bits per heavy atom. The molecule has 0 bridgehead atoms. The van der Waals surface area contributed by atoms with E-state index in [2.05, 4.69) is 13.8 Å². The molecule has 3 fully saturated rings. The van der Waals surface area contributed by atoms with Gasteiger partial charge in [-0.2, -0.15) is 0 Å². The lowest BCUT2D eigenvalue weighted by Crippen LogP contribution is -2.61. The number of aliphatic hydroxyl groups excluding tert-OH is 1. The molecule has 0 heterocycles. The highest BCUT2D eigenvalue weighted by Crippen LogP contribution is 2.70. The van der Waals surface area contributed by atoms with Crippen LogP contribution in [0.15, 0.2) is 0 Å². The van der Waals surface area contributed by atoms with Gasteiger partial charge in [0.1, 0.15) is 5.78 Å². The van der Waals surface area contributed by atoms with Crippen molar-refractivity contribution in [2.45, 2.75) is 71.8 Å². The minimum absolute atomic E-state index is 0.0170. The standard InChI is InChI=1S/C18H28O4/c1-16(10-15(21)22)13-5-4-11-12(19)6-8-17(11,2)18(13,3)9-7-14(16)20/h11,13-14,20H,4-10H2,1-3H3,(H,21,22)/t11-,13-,14-,16-,17-,18-/m1/s1. The summed E-state index contributed by atoms with van der Waals surface area (Å²) in [7, 11) is 0. The first-order chi connectivity index (χ1) is 10.1. The van der Waals surface area contributed by atoms with Gasteiger partial charge in [0.05, 0.1) is 12.5 Å². The van der Waals surface area contributed by atoms with Crippen molar-refractivity contribution in [3.05, 3.63) is 0 Å². The average molecular weight is 308 g/mol. The lowest BCUT2D eigenvalue weighted by molar-refractivity contribution is -0.194. The van der Waals surface area contributed by atoms with Gasteiger partial charge in [-0.15, -0.1) is 0 Å². The van der Waals surface area contributed by atoms with E-state index in [0.29, 0.717) is 18.6 Å². The van der Waals surface area contributed by atoms with Gasteiger partial charge in [-0.05, 0) is 48.9 Å². The minimum atomic E-state index is -0.833. The summed E-state index contributed by atoms with van der Waals surface area (Å²) < 4.78 is 0. The quantitative estimate of drug-likeness (QED) is 0.822. The van der Waals surface area contributed by atoms with Gasteiger partial charge >= 0.3 is 5.97 Å². The van der Waals surface area contributed by atoms with Crippen LogP contribution in [0.25, 0.3) is 0 Å². The Hall–Kier alpha value is -0.900. The number of hydrogen-bond acceptors (Lipinski definition) is 3. The molecule has 0 unspecified atom stereocenters. The van der Waals surface area contributed by atoms with Crippen molar-refractivity contribution < 1.29 is 19.8 Å². The molecule has 3 aliphatic carbocycles. The van der Waals surface area contributed by atoms with Gasteiger partial charge in [-0.3, -0.25) is 9.59 Å². The Balaban J connectivity index is 2.03. The molecular formula is C18H28O4. The lowest BCUT2D eigenvalue weighted by atomic mass is 9.40. The summed E-state index contributed by atoms with van der Waals surface area (Å²) in [4.78, 5) is 23.7. The van der Waals surface area contributed by atoms with Crippen molar-refractivity contribution in [1.29, 1.82) is 0 Å². The second kappa shape index (κ2) is 4.80. The number of aliphatic carboxylic acids is 1. The van der Waals surface area contributed by atoms with E-state index in [1.165, 1.54) is 0 Å². The zero-order chi connectivity index (χ0) is 16.3. The number of carbonyl (C=O) groups is 2. The number of Topliss-reactive ketones (excluding diaryl/α,β-unsaturated/α-hetero) is 1. The first-order valence-electron chi connectivity index (χ1n) is 8.58. The van der Waals surface area contributed by atoms with E-state index in [4.69, 9.17) is 0 Å². The van der Waals surface area contributed by atoms with Crippen molar-refractivity contribution in [2.75, 3.05) is 0 Å². The Morgan fingerprint density at radius 2 is 1.82 bits per heavy atom. The number of hydrogen-bond donors (Lipinski definition) is 2. The topological polar surface area (TPSA) is 74.6 Å². The van der Waals surface area contributed by atoms with E-state index in [1.54, 1.807) is 0 Å². The summed E-state index contributed by atoms with van der Waals surface area (Å²) in [5, 5.41) is 19.9. The third-order valence-electron chi connectivity index (χ3n) is 7.89. The molecule has 0 radical (unpaired) electrons. The number of fused-ring (bicyclic) bond motifs is 3. The Bertz CT molecular complexity index is 515. The minimum Gasteiger partial charge on any atom is -0.481 e. The van der Waals surface area contributed by atoms with Gasteiger partial charge in [-0.1, -0.05) is 20.8 Å². The smallest absolute Gasteiger partial charge is 0.304 e. The Kier molecular flexibility index (Phi) is 3.48. The molecule has 0 aromatic rings. The molecule has 124 valence electrons. The van der Waals surface area contributed by atoms with Crippen LogP contribution in [0.1, 0.15) is 65.7 Å². The Labute approximate surface area is 132 Å². The molecule has 4 nitrogen and oxygen atoms in total. The van der Waals surface area contributed by atoms with E-state index in [9.17, 15) is 19.8 Å². The molecule has 0 saturated heterocycles. The van der Waals surface area contributed by atoms with Gasteiger partial charge in [-0.25, -0.2) is 0 Å². The molecule has 3 saturated carbocycles. The van der Waals surface area contributed by atoms with E-state index in [1.807, 2.05) is 6.92 Å². The third kappa shape index (κ3) is 1.85. The van der Waals surface area contributed by atoms with Gasteiger partial charge < -0.3 is 10.2 Å². The summed E-state index contributed by atoms with van der Waals surface area (Å²) in [5.74, 6) is -0.126. The number of aliphatic hydroxyl groups is 1. The second-order valence-electron chi connectivity index (χ2n) is 8.61. The van der Waals surface area contributed by atoms with Crippen LogP contribution >= 0.6 is 0 Å². The fraction of sp³-hybridized carbons (Fsp3) is 0.889. The number of rotatable bonds is 2. The van der Waals surface area contributed by atoms with E-state index in [-0.39, 0.29) is 29.1 Å². The summed E-state index contributed by atoms with van der Waals surface area (Å²) in [6.07, 6.45) is 4.31. The fourth-order valence-corrected chi connectivity index (χ4v) is 6.38. The first kappa shape index (κ1) is 16.0. The lowest BCUT2D eigenvalue weighted by Gasteiger charge is -2.64. The maximum atomic E-state index is 12.3. The summed E-state index contributed by atoms with van der Waals surface area (Å²) in [6.45, 7) is 6.45. The van der Waals surface area contributed by atoms with Gasteiger partial charge in [0.15, 0.2) is 0 Å². The maximum Gasteiger partial charge on any atom is 0.304 e. The highest BCUT2D eigenvalue weighted by Gasteiger charge is 2.66. The Morgan fingerprint density at radius 1 is 1.14 bits per heavy atom. The van der Waals surface area contributed by atoms with Crippen molar-refractivity contribution in [1.82, 2.24) is 0 Å². The molecular weight excluding hydrogens is 280 g/mol. The van der Waals surface area contributed by atoms with Gasteiger partial charge in [0, 0.05) is 17.8 Å². The first-order valence-corrected chi connectivity index (χ1v) is 8.58. The highest BCUT2D eigenvalue weighted by molar-refractivity contribution is 5.84. The molecule has 0 amide bonds.